The molecule has 62 heavy (non-hydrogen) atoms. The maximum atomic E-state index is 14.3. The predicted octanol–water partition coefficient (Wildman–Crippen LogP) is 7.33. The highest BCUT2D eigenvalue weighted by atomic mass is 35.5. The van der Waals surface area contributed by atoms with Crippen LogP contribution in [0.3, 0.4) is 0 Å². The molecular weight excluding hydrogens is 818 g/mol. The predicted molar refractivity (Wildman–Crippen MR) is 233 cm³/mol. The summed E-state index contributed by atoms with van der Waals surface area (Å²) >= 11 is 6.81. The van der Waals surface area contributed by atoms with E-state index in [1.807, 2.05) is 61.5 Å². The molecule has 1 aliphatic carbocycles. The molecule has 2 N–H and O–H groups in total. The van der Waals surface area contributed by atoms with Gasteiger partial charge in [-0.05, 0) is 81.0 Å². The zero-order chi connectivity index (χ0) is 45.1. The van der Waals surface area contributed by atoms with Crippen molar-refractivity contribution in [1.82, 2.24) is 10.2 Å². The molecule has 15 heteroatoms. The van der Waals surface area contributed by atoms with Gasteiger partial charge >= 0.3 is 18.2 Å². The number of carbonyl (C=O) groups excluding carboxylic acids is 4. The number of benzene rings is 3. The number of carbonyl (C=O) groups is 4. The molecule has 2 aliphatic heterocycles. The van der Waals surface area contributed by atoms with Crippen LogP contribution in [0, 0.1) is 0 Å². The topological polar surface area (TPSA) is 162 Å². The summed E-state index contributed by atoms with van der Waals surface area (Å²) in [6.45, 7) is 8.38. The lowest BCUT2D eigenvalue weighted by Crippen LogP contribution is -2.64. The fourth-order valence-electron chi connectivity index (χ4n) is 8.20. The van der Waals surface area contributed by atoms with Gasteiger partial charge in [-0.1, -0.05) is 83.9 Å². The first-order chi connectivity index (χ1) is 29.4. The van der Waals surface area contributed by atoms with Gasteiger partial charge in [0.25, 0.3) is 0 Å². The number of halogens is 1. The zero-order valence-corrected chi connectivity index (χ0v) is 37.4. The third-order valence-corrected chi connectivity index (χ3v) is 12.3. The van der Waals surface area contributed by atoms with Crippen LogP contribution < -0.4 is 15.0 Å². The lowest BCUT2D eigenvalue weighted by molar-refractivity contribution is -0.203. The number of allylic oxidation sites excluding steroid dienone is 3. The van der Waals surface area contributed by atoms with Crippen molar-refractivity contribution in [2.24, 2.45) is 0 Å². The number of ether oxygens (including phenoxy) is 6. The number of hydrogen-bond donors (Lipinski definition) is 2. The van der Waals surface area contributed by atoms with Gasteiger partial charge in [0.1, 0.15) is 47.3 Å². The van der Waals surface area contributed by atoms with Crippen LogP contribution in [0.2, 0.25) is 5.02 Å². The summed E-state index contributed by atoms with van der Waals surface area (Å²) in [5.41, 5.74) is 2.98. The third kappa shape index (κ3) is 9.78. The van der Waals surface area contributed by atoms with Gasteiger partial charge in [-0.15, -0.1) is 0 Å². The number of aliphatic hydroxyl groups is 1. The molecule has 6 atom stereocenters. The number of alkyl carbamates (subject to hydrolysis) is 1. The van der Waals surface area contributed by atoms with Crippen molar-refractivity contribution in [2.75, 3.05) is 39.8 Å². The molecule has 0 aromatic heterocycles. The van der Waals surface area contributed by atoms with E-state index in [2.05, 4.69) is 5.32 Å². The number of fused-ring (bicyclic) bond motifs is 7. The second kappa shape index (κ2) is 18.9. The molecular formula is C47H56ClN3O11. The molecule has 3 aromatic carbocycles. The number of likely N-dealkylation sites (N-methyl/N-ethyl adjacent to an activating group) is 1. The third-order valence-electron chi connectivity index (χ3n) is 12.0. The average Bonchev–Trinajstić information content (AvgIpc) is 3.56. The van der Waals surface area contributed by atoms with Gasteiger partial charge in [-0.3, -0.25) is 15.0 Å². The highest BCUT2D eigenvalue weighted by Gasteiger charge is 2.49. The first-order valence-corrected chi connectivity index (χ1v) is 20.9. The number of hydrogen-bond acceptors (Lipinski definition) is 11. The molecule has 14 nitrogen and oxygen atoms in total. The summed E-state index contributed by atoms with van der Waals surface area (Å²) in [5, 5.41) is 14.5. The number of methoxy groups -OCH3 is 2. The summed E-state index contributed by atoms with van der Waals surface area (Å²) in [5.74, 6) is -1.15. The molecule has 0 radical (unpaired) electrons. The second-order valence-electron chi connectivity index (χ2n) is 16.7. The van der Waals surface area contributed by atoms with Crippen molar-refractivity contribution in [3.8, 4) is 16.9 Å². The molecule has 3 aromatic rings. The Kier molecular flexibility index (Phi) is 14.1. The van der Waals surface area contributed by atoms with Crippen molar-refractivity contribution in [1.29, 1.82) is 0 Å². The van der Waals surface area contributed by atoms with E-state index in [4.69, 9.17) is 40.0 Å². The standard InChI is InChI=1S/C47H56ClN3O11/c1-27-15-14-20-39(58-9)47(56)25-38(60-44(54)49-47)29(3)62-46(4,5)40(24-41(52)51(7)36-22-30(21-27)23-37(57-8)42(36)48)61-43(53)28(2)50(6)45(55)59-26-35-33-18-12-10-16-31(33)32-17-11-13-19-34(32)35/h10-20,22-23,28-29,35,38-40,56H,21,24-26H2,1-9H3,(H,49,54)/b20-14+,27-15+/t28-,29-,38+,39-,40+,47+/m1/s1. The normalized spacial score (nSPS) is 25.8. The van der Waals surface area contributed by atoms with Gasteiger partial charge in [-0.25, -0.2) is 14.4 Å². The quantitative estimate of drug-likeness (QED) is 0.181. The maximum Gasteiger partial charge on any atom is 0.410 e. The Morgan fingerprint density at radius 3 is 2.34 bits per heavy atom. The summed E-state index contributed by atoms with van der Waals surface area (Å²) in [6, 6.07) is 18.4. The minimum absolute atomic E-state index is 0.0450. The molecule has 6 rings (SSSR count). The molecule has 0 spiro atoms. The highest BCUT2D eigenvalue weighted by molar-refractivity contribution is 6.35. The van der Waals surface area contributed by atoms with Crippen molar-refractivity contribution in [3.05, 3.63) is 106 Å². The van der Waals surface area contributed by atoms with E-state index in [9.17, 15) is 24.3 Å². The Bertz CT molecular complexity index is 2200. The Labute approximate surface area is 367 Å². The largest absolute Gasteiger partial charge is 0.495 e. The fourth-order valence-corrected chi connectivity index (χ4v) is 8.51. The Morgan fingerprint density at radius 2 is 1.71 bits per heavy atom. The van der Waals surface area contributed by atoms with E-state index in [0.29, 0.717) is 17.9 Å². The summed E-state index contributed by atoms with van der Waals surface area (Å²) in [6.07, 6.45) is -0.680. The Hall–Kier alpha value is -5.41. The maximum absolute atomic E-state index is 14.3. The van der Waals surface area contributed by atoms with Crippen molar-refractivity contribution in [3.63, 3.8) is 0 Å². The number of esters is 1. The lowest BCUT2D eigenvalue weighted by Gasteiger charge is -2.44. The summed E-state index contributed by atoms with van der Waals surface area (Å²) in [4.78, 5) is 57.4. The van der Waals surface area contributed by atoms with Crippen LogP contribution in [0.5, 0.6) is 5.75 Å². The Balaban J connectivity index is 1.27. The van der Waals surface area contributed by atoms with Gasteiger partial charge in [0.15, 0.2) is 5.72 Å². The molecule has 332 valence electrons. The van der Waals surface area contributed by atoms with Gasteiger partial charge in [0.05, 0.1) is 25.3 Å². The van der Waals surface area contributed by atoms with Gasteiger partial charge < -0.3 is 38.4 Å². The lowest BCUT2D eigenvalue weighted by atomic mass is 9.93. The van der Waals surface area contributed by atoms with E-state index >= 15 is 0 Å². The molecule has 1 fully saturated rings. The van der Waals surface area contributed by atoms with Crippen LogP contribution in [-0.2, 0) is 39.7 Å². The van der Waals surface area contributed by atoms with Gasteiger partial charge in [-0.2, -0.15) is 0 Å². The number of amides is 3. The summed E-state index contributed by atoms with van der Waals surface area (Å²) < 4.78 is 35.3. The van der Waals surface area contributed by atoms with Gasteiger partial charge in [0.2, 0.25) is 5.91 Å². The van der Waals surface area contributed by atoms with Crippen molar-refractivity contribution >= 4 is 41.4 Å². The monoisotopic (exact) mass is 873 g/mol. The molecule has 4 bridgehead atoms. The van der Waals surface area contributed by atoms with E-state index in [1.165, 1.54) is 33.1 Å². The first-order valence-electron chi connectivity index (χ1n) is 20.5. The fraction of sp³-hybridized carbons (Fsp3) is 0.447. The minimum Gasteiger partial charge on any atom is -0.495 e. The van der Waals surface area contributed by atoms with E-state index in [1.54, 1.807) is 52.1 Å². The smallest absolute Gasteiger partial charge is 0.410 e. The number of nitrogens with zero attached hydrogens (tertiary/aromatic N) is 2. The van der Waals surface area contributed by atoms with Crippen molar-refractivity contribution < 1.29 is 52.7 Å². The van der Waals surface area contributed by atoms with Crippen LogP contribution in [0.25, 0.3) is 11.1 Å². The minimum atomic E-state index is -1.89. The van der Waals surface area contributed by atoms with Crippen LogP contribution in [0.1, 0.15) is 70.1 Å². The van der Waals surface area contributed by atoms with Crippen LogP contribution in [0.15, 0.2) is 84.5 Å². The SMILES string of the molecule is COc1cc2cc(c1Cl)N(C)C(=O)C[C@H](OC(=O)[C@@H](C)N(C)C(=O)OCC1c3ccccc3-c3ccccc31)C(C)(C)O[C@H](C)[C@@H]1C[C@@](O)(NC(=O)O1)[C@H](OC)/C=C/C=C(\C)C2. The first kappa shape index (κ1) is 46.1. The molecule has 2 heterocycles. The second-order valence-corrected chi connectivity index (χ2v) is 17.0. The van der Waals surface area contributed by atoms with E-state index in [-0.39, 0.29) is 24.0 Å². The molecule has 0 saturated carbocycles. The van der Waals surface area contributed by atoms with E-state index in [0.717, 1.165) is 38.3 Å². The molecule has 3 amide bonds. The molecule has 0 unspecified atom stereocenters. The van der Waals surface area contributed by atoms with Crippen LogP contribution in [0.4, 0.5) is 15.3 Å². The number of anilines is 1. The Morgan fingerprint density at radius 1 is 1.06 bits per heavy atom. The average molecular weight is 874 g/mol. The van der Waals surface area contributed by atoms with E-state index < -0.39 is 72.3 Å². The zero-order valence-electron chi connectivity index (χ0n) is 36.6. The number of rotatable bonds is 7. The van der Waals surface area contributed by atoms with Gasteiger partial charge in [0, 0.05) is 33.5 Å². The number of nitrogens with one attached hydrogen (secondary N) is 1. The molecule has 1 saturated heterocycles. The van der Waals surface area contributed by atoms with Crippen molar-refractivity contribution in [2.45, 2.75) is 102 Å². The summed E-state index contributed by atoms with van der Waals surface area (Å²) in [7, 11) is 5.89. The van der Waals surface area contributed by atoms with Crippen LogP contribution in [-0.4, -0.2) is 111 Å². The highest BCUT2D eigenvalue weighted by Crippen LogP contribution is 2.45. The molecule has 3 aliphatic rings. The van der Waals surface area contributed by atoms with Crippen LogP contribution >= 0.6 is 11.6 Å².